The van der Waals surface area contributed by atoms with Crippen molar-refractivity contribution in [1.82, 2.24) is 19.7 Å². The van der Waals surface area contributed by atoms with Gasteiger partial charge in [-0.3, -0.25) is 9.47 Å². The minimum atomic E-state index is -0.249. The number of benzene rings is 2. The average molecular weight is 427 g/mol. The van der Waals surface area contributed by atoms with E-state index in [1.54, 1.807) is 31.0 Å². The molecule has 0 amide bonds. The predicted molar refractivity (Wildman–Crippen MR) is 118 cm³/mol. The Hall–Kier alpha value is -2.38. The van der Waals surface area contributed by atoms with E-state index in [9.17, 15) is 4.39 Å². The maximum Gasteiger partial charge on any atom is 0.196 e. The van der Waals surface area contributed by atoms with Gasteiger partial charge < -0.3 is 4.74 Å². The molecular weight excluding hydrogens is 399 g/mol. The molecule has 0 radical (unpaired) electrons. The SMILES string of the molecule is COc1ccccc1CSc1nnc(C(C)N2CCCCC2)n1-c1ccc(F)cc1. The van der Waals surface area contributed by atoms with Crippen molar-refractivity contribution in [2.45, 2.75) is 43.1 Å². The fourth-order valence-corrected chi connectivity index (χ4v) is 4.86. The van der Waals surface area contributed by atoms with E-state index in [-0.39, 0.29) is 11.9 Å². The molecule has 0 aliphatic carbocycles. The van der Waals surface area contributed by atoms with E-state index < -0.39 is 0 Å². The fourth-order valence-electron chi connectivity index (χ4n) is 3.91. The lowest BCUT2D eigenvalue weighted by atomic mass is 10.1. The summed E-state index contributed by atoms with van der Waals surface area (Å²) in [5.41, 5.74) is 1.98. The van der Waals surface area contributed by atoms with E-state index in [1.165, 1.54) is 31.4 Å². The van der Waals surface area contributed by atoms with Crippen LogP contribution in [0.25, 0.3) is 5.69 Å². The van der Waals surface area contributed by atoms with E-state index in [0.717, 1.165) is 41.1 Å². The van der Waals surface area contributed by atoms with Crippen LogP contribution in [0.3, 0.4) is 0 Å². The lowest BCUT2D eigenvalue weighted by molar-refractivity contribution is 0.167. The molecule has 0 N–H and O–H groups in total. The molecule has 1 atom stereocenters. The first-order chi connectivity index (χ1) is 14.7. The minimum Gasteiger partial charge on any atom is -0.496 e. The number of piperidine rings is 1. The number of aromatic nitrogens is 3. The van der Waals surface area contributed by atoms with Crippen molar-refractivity contribution in [2.24, 2.45) is 0 Å². The van der Waals surface area contributed by atoms with Crippen molar-refractivity contribution in [2.75, 3.05) is 20.2 Å². The summed E-state index contributed by atoms with van der Waals surface area (Å²) in [6.07, 6.45) is 3.71. The Morgan fingerprint density at radius 2 is 1.77 bits per heavy atom. The Morgan fingerprint density at radius 1 is 1.03 bits per heavy atom. The van der Waals surface area contributed by atoms with Gasteiger partial charge in [-0.2, -0.15) is 0 Å². The van der Waals surface area contributed by atoms with Gasteiger partial charge in [0.25, 0.3) is 0 Å². The highest BCUT2D eigenvalue weighted by Crippen LogP contribution is 2.32. The highest BCUT2D eigenvalue weighted by molar-refractivity contribution is 7.98. The van der Waals surface area contributed by atoms with Gasteiger partial charge in [-0.1, -0.05) is 36.4 Å². The van der Waals surface area contributed by atoms with Gasteiger partial charge in [-0.05, 0) is 63.2 Å². The third-order valence-corrected chi connectivity index (χ3v) is 6.58. The molecular formula is C23H27FN4OS. The quantitative estimate of drug-likeness (QED) is 0.483. The number of halogens is 1. The number of likely N-dealkylation sites (tertiary alicyclic amines) is 1. The number of para-hydroxylation sites is 1. The molecule has 0 spiro atoms. The summed E-state index contributed by atoms with van der Waals surface area (Å²) in [7, 11) is 1.68. The Morgan fingerprint density at radius 3 is 2.50 bits per heavy atom. The van der Waals surface area contributed by atoms with Crippen molar-refractivity contribution in [1.29, 1.82) is 0 Å². The van der Waals surface area contributed by atoms with Crippen molar-refractivity contribution >= 4 is 11.8 Å². The van der Waals surface area contributed by atoms with Gasteiger partial charge in [0, 0.05) is 17.0 Å². The monoisotopic (exact) mass is 426 g/mol. The molecule has 0 saturated carbocycles. The summed E-state index contributed by atoms with van der Waals surface area (Å²) in [5, 5.41) is 9.88. The van der Waals surface area contributed by atoms with Crippen molar-refractivity contribution in [3.63, 3.8) is 0 Å². The van der Waals surface area contributed by atoms with Crippen molar-refractivity contribution in [3.05, 3.63) is 65.7 Å². The van der Waals surface area contributed by atoms with Crippen LogP contribution in [0.2, 0.25) is 0 Å². The van der Waals surface area contributed by atoms with Gasteiger partial charge in [-0.15, -0.1) is 10.2 Å². The average Bonchev–Trinajstić information content (AvgIpc) is 3.22. The number of ether oxygens (including phenoxy) is 1. The first kappa shape index (κ1) is 20.9. The van der Waals surface area contributed by atoms with E-state index >= 15 is 0 Å². The third-order valence-electron chi connectivity index (χ3n) is 5.60. The van der Waals surface area contributed by atoms with Crippen LogP contribution in [0.4, 0.5) is 4.39 Å². The Bertz CT molecular complexity index is 970. The maximum atomic E-state index is 13.6. The molecule has 2 aromatic carbocycles. The summed E-state index contributed by atoms with van der Waals surface area (Å²) in [6, 6.07) is 14.7. The van der Waals surface area contributed by atoms with Crippen LogP contribution in [0.5, 0.6) is 5.75 Å². The van der Waals surface area contributed by atoms with Crippen LogP contribution in [-0.4, -0.2) is 39.9 Å². The molecule has 0 bridgehead atoms. The van der Waals surface area contributed by atoms with Crippen LogP contribution >= 0.6 is 11.8 Å². The topological polar surface area (TPSA) is 43.2 Å². The largest absolute Gasteiger partial charge is 0.496 e. The summed E-state index contributed by atoms with van der Waals surface area (Å²) in [6.45, 7) is 4.33. The number of nitrogens with zero attached hydrogens (tertiary/aromatic N) is 4. The molecule has 1 fully saturated rings. The molecule has 3 aromatic rings. The molecule has 1 aliphatic rings. The summed E-state index contributed by atoms with van der Waals surface area (Å²) in [4.78, 5) is 2.46. The van der Waals surface area contributed by atoms with Gasteiger partial charge in [0.15, 0.2) is 11.0 Å². The second-order valence-corrected chi connectivity index (χ2v) is 8.47. The highest BCUT2D eigenvalue weighted by Gasteiger charge is 2.25. The second-order valence-electron chi connectivity index (χ2n) is 7.53. The van der Waals surface area contributed by atoms with E-state index in [1.807, 2.05) is 18.2 Å². The number of hydrogen-bond acceptors (Lipinski definition) is 5. The van der Waals surface area contributed by atoms with E-state index in [4.69, 9.17) is 4.74 Å². The van der Waals surface area contributed by atoms with Gasteiger partial charge in [0.2, 0.25) is 0 Å². The van der Waals surface area contributed by atoms with Crippen LogP contribution < -0.4 is 4.74 Å². The van der Waals surface area contributed by atoms with Crippen LogP contribution in [0.15, 0.2) is 53.7 Å². The second kappa shape index (κ2) is 9.62. The molecule has 1 unspecified atom stereocenters. The molecule has 1 aliphatic heterocycles. The van der Waals surface area contributed by atoms with Crippen LogP contribution in [0.1, 0.15) is 43.6 Å². The molecule has 2 heterocycles. The smallest absolute Gasteiger partial charge is 0.196 e. The summed E-state index contributed by atoms with van der Waals surface area (Å²) >= 11 is 1.61. The molecule has 30 heavy (non-hydrogen) atoms. The highest BCUT2D eigenvalue weighted by atomic mass is 32.2. The number of thioether (sulfide) groups is 1. The number of methoxy groups -OCH3 is 1. The lowest BCUT2D eigenvalue weighted by Gasteiger charge is -2.31. The van der Waals surface area contributed by atoms with Gasteiger partial charge >= 0.3 is 0 Å². The van der Waals surface area contributed by atoms with Crippen LogP contribution in [0, 0.1) is 5.82 Å². The van der Waals surface area contributed by atoms with Crippen molar-refractivity contribution in [3.8, 4) is 11.4 Å². The minimum absolute atomic E-state index is 0.142. The molecule has 7 heteroatoms. The Labute approximate surface area is 181 Å². The first-order valence-electron chi connectivity index (χ1n) is 10.4. The third kappa shape index (κ3) is 4.52. The standard InChI is InChI=1S/C23H27FN4OS/c1-17(27-14-6-3-7-15-27)22-25-26-23(28(22)20-12-10-19(24)11-13-20)30-16-18-8-4-5-9-21(18)29-2/h4-5,8-13,17H,3,6-7,14-16H2,1-2H3. The molecule has 158 valence electrons. The van der Waals surface area contributed by atoms with E-state index in [0.29, 0.717) is 5.75 Å². The summed E-state index contributed by atoms with van der Waals surface area (Å²) in [5.74, 6) is 2.22. The molecule has 1 saturated heterocycles. The Kier molecular flexibility index (Phi) is 6.69. The number of hydrogen-bond donors (Lipinski definition) is 0. The summed E-state index contributed by atoms with van der Waals surface area (Å²) < 4.78 is 21.1. The van der Waals surface area contributed by atoms with Crippen LogP contribution in [-0.2, 0) is 5.75 Å². The maximum absolute atomic E-state index is 13.6. The van der Waals surface area contributed by atoms with Gasteiger partial charge in [-0.25, -0.2) is 4.39 Å². The fraction of sp³-hybridized carbons (Fsp3) is 0.391. The Balaban J connectivity index is 1.66. The zero-order valence-electron chi connectivity index (χ0n) is 17.4. The van der Waals surface area contributed by atoms with E-state index in [2.05, 4.69) is 32.7 Å². The predicted octanol–water partition coefficient (Wildman–Crippen LogP) is 5.25. The lowest BCUT2D eigenvalue weighted by Crippen LogP contribution is -2.33. The number of rotatable bonds is 7. The molecule has 4 rings (SSSR count). The zero-order valence-corrected chi connectivity index (χ0v) is 18.2. The van der Waals surface area contributed by atoms with Crippen molar-refractivity contribution < 1.29 is 9.13 Å². The molecule has 1 aromatic heterocycles. The first-order valence-corrected chi connectivity index (χ1v) is 11.4. The van der Waals surface area contributed by atoms with Gasteiger partial charge in [0.05, 0.1) is 13.2 Å². The van der Waals surface area contributed by atoms with Gasteiger partial charge in [0.1, 0.15) is 11.6 Å². The molecule has 5 nitrogen and oxygen atoms in total. The zero-order chi connectivity index (χ0) is 20.9. The normalized spacial score (nSPS) is 15.8.